The van der Waals surface area contributed by atoms with Crippen molar-refractivity contribution in [1.82, 2.24) is 84.4 Å². The number of imidazole rings is 1. The number of aliphatic carboxylic acids is 3. The number of aromatic amines is 1. The van der Waals surface area contributed by atoms with E-state index in [9.17, 15) is 102 Å². The number of hydrogen-bond donors (Lipinski definition) is 25. The number of thioether (sulfide) groups is 1. The highest BCUT2D eigenvalue weighted by Gasteiger charge is 2.37. The molecular formula is C62H104N20O22S3. The van der Waals surface area contributed by atoms with Crippen LogP contribution in [0.15, 0.2) is 12.5 Å². The quantitative estimate of drug-likeness (QED) is 0.0213. The molecule has 13 atom stereocenters. The number of aromatic nitrogens is 2. The summed E-state index contributed by atoms with van der Waals surface area (Å²) in [7, 11) is 0. The Morgan fingerprint density at radius 3 is 1.35 bits per heavy atom. The average molecular weight is 1580 g/mol. The molecule has 1 rings (SSSR count). The maximum absolute atomic E-state index is 14.3. The second-order valence-corrected chi connectivity index (χ2v) is 26.6. The van der Waals surface area contributed by atoms with Crippen LogP contribution in [0, 0.1) is 5.92 Å². The molecular weight excluding hydrogens is 1470 g/mol. The number of nitrogens with zero attached hydrogens (tertiary/aromatic N) is 1. The number of unbranched alkanes of at least 4 members (excludes halogenated alkanes) is 2. The van der Waals surface area contributed by atoms with E-state index in [1.54, 1.807) is 20.1 Å². The lowest BCUT2D eigenvalue weighted by Crippen LogP contribution is -2.61. The third-order valence-corrected chi connectivity index (χ3v) is 16.8. The largest absolute Gasteiger partial charge is 0.481 e. The molecule has 0 saturated carbocycles. The number of rotatable bonds is 55. The minimum atomic E-state index is -1.93. The molecule has 107 heavy (non-hydrogen) atoms. The van der Waals surface area contributed by atoms with E-state index in [0.29, 0.717) is 17.9 Å². The second-order valence-electron chi connectivity index (χ2n) is 24.9. The standard InChI is InChI=1S/C62H104N20O22S3/c1-30(2)20-39(77-56(98)37(12-14-45(66)84)76-61(103)43(27-105)81-55(97)35(11-7-9-18-64)75-59(101)41(22-48(88)89)79-62(104)44(28-106)82-60(102)42(26-83)80-50(92)31(3)65)58(100)74-34(10-6-8-17-63)52(94)68-24-46(85)72-36(13-15-47(86)87)54(96)71-32(4)51(93)73-38(16-19-107-5)57(99)78-40(21-33-23-67-29-70-33)53(95)69-25-49(90)91/h23,29-32,34-44,83,105-106H,6-22,24-28,63-65H2,1-5H3,(H2,66,84)(H,67,70)(H,68,94)(H,69,95)(H,71,96)(H,72,85)(H,73,93)(H,74,100)(H,75,101)(H,76,103)(H,77,98)(H,78,99)(H,79,104)(H,80,92)(H,81,97)(H,82,102)(H,86,87)(H,88,89)(H,90,91)/t31-,32-,34-,35-,36-,37-,38-,39-,40-,41-,42-,43-,44-/m0/s1. The number of amides is 15. The van der Waals surface area contributed by atoms with E-state index in [2.05, 4.69) is 110 Å². The van der Waals surface area contributed by atoms with Gasteiger partial charge in [-0.05, 0) is 109 Å². The number of carbonyl (C=O) groups is 18. The van der Waals surface area contributed by atoms with E-state index in [-0.39, 0.29) is 70.4 Å². The van der Waals surface area contributed by atoms with Crippen LogP contribution in [-0.2, 0) is 92.7 Å². The maximum Gasteiger partial charge on any atom is 0.322 e. The molecule has 1 aromatic heterocycles. The molecule has 0 radical (unpaired) electrons. The predicted molar refractivity (Wildman–Crippen MR) is 389 cm³/mol. The topological polar surface area (TPSA) is 689 Å². The summed E-state index contributed by atoms with van der Waals surface area (Å²) in [5.41, 5.74) is 22.8. The molecule has 0 bridgehead atoms. The smallest absolute Gasteiger partial charge is 0.322 e. The minimum absolute atomic E-state index is 0.00306. The fourth-order valence-electron chi connectivity index (χ4n) is 9.59. The number of aliphatic hydroxyl groups is 1. The second kappa shape index (κ2) is 51.7. The first-order valence-corrected chi connectivity index (χ1v) is 36.7. The molecule has 0 fully saturated rings. The molecule has 0 aliphatic rings. The fraction of sp³-hybridized carbons (Fsp3) is 0.661. The summed E-state index contributed by atoms with van der Waals surface area (Å²) in [5.74, 6) is -20.6. The Morgan fingerprint density at radius 2 is 0.879 bits per heavy atom. The summed E-state index contributed by atoms with van der Waals surface area (Å²) in [4.78, 5) is 244. The molecule has 0 unspecified atom stereocenters. The van der Waals surface area contributed by atoms with Crippen molar-refractivity contribution in [3.63, 3.8) is 0 Å². The number of H-pyrrole nitrogens is 1. The Balaban J connectivity index is 3.42. The normalized spacial score (nSPS) is 14.7. The monoisotopic (exact) mass is 1580 g/mol. The van der Waals surface area contributed by atoms with Crippen molar-refractivity contribution in [3.8, 4) is 0 Å². The van der Waals surface area contributed by atoms with Gasteiger partial charge in [0.05, 0.1) is 31.9 Å². The van der Waals surface area contributed by atoms with Crippen molar-refractivity contribution in [2.24, 2.45) is 28.9 Å². The van der Waals surface area contributed by atoms with E-state index in [1.807, 2.05) is 0 Å². The van der Waals surface area contributed by atoms with Crippen LogP contribution in [0.4, 0.5) is 0 Å². The molecule has 45 heteroatoms. The summed E-state index contributed by atoms with van der Waals surface area (Å²) in [6.45, 7) is 3.54. The molecule has 602 valence electrons. The number of thiol groups is 2. The third kappa shape index (κ3) is 38.6. The third-order valence-electron chi connectivity index (χ3n) is 15.4. The van der Waals surface area contributed by atoms with Gasteiger partial charge in [0.1, 0.15) is 79.0 Å². The zero-order chi connectivity index (χ0) is 81.0. The van der Waals surface area contributed by atoms with Gasteiger partial charge in [0.2, 0.25) is 88.6 Å². The number of hydrogen-bond acceptors (Lipinski definition) is 26. The molecule has 0 aliphatic heterocycles. The first kappa shape index (κ1) is 95.6. The Hall–Kier alpha value is -9.44. The number of carboxylic acid groups (broad SMARTS) is 3. The van der Waals surface area contributed by atoms with Crippen molar-refractivity contribution in [2.45, 2.75) is 196 Å². The lowest BCUT2D eigenvalue weighted by atomic mass is 10.0. The number of nitrogens with one attached hydrogen (secondary N) is 15. The molecule has 0 aromatic carbocycles. The van der Waals surface area contributed by atoms with Crippen LogP contribution in [0.1, 0.15) is 117 Å². The molecule has 0 spiro atoms. The molecule has 27 N–H and O–H groups in total. The van der Waals surface area contributed by atoms with E-state index in [1.165, 1.54) is 38.1 Å². The summed E-state index contributed by atoms with van der Waals surface area (Å²) in [5, 5.41) is 71.1. The van der Waals surface area contributed by atoms with Crippen molar-refractivity contribution in [3.05, 3.63) is 18.2 Å². The van der Waals surface area contributed by atoms with Crippen molar-refractivity contribution < 1.29 is 107 Å². The minimum Gasteiger partial charge on any atom is -0.481 e. The first-order chi connectivity index (χ1) is 50.4. The van der Waals surface area contributed by atoms with Gasteiger partial charge >= 0.3 is 17.9 Å². The lowest BCUT2D eigenvalue weighted by Gasteiger charge is -2.28. The predicted octanol–water partition coefficient (Wildman–Crippen LogP) is -9.03. The number of aliphatic hydroxyl groups excluding tert-OH is 1. The van der Waals surface area contributed by atoms with Gasteiger partial charge in [-0.3, -0.25) is 86.3 Å². The van der Waals surface area contributed by atoms with Gasteiger partial charge in [-0.2, -0.15) is 37.0 Å². The van der Waals surface area contributed by atoms with Crippen LogP contribution in [0.2, 0.25) is 0 Å². The molecule has 1 heterocycles. The average Bonchev–Trinajstić information content (AvgIpc) is 1.61. The van der Waals surface area contributed by atoms with Crippen LogP contribution in [0.3, 0.4) is 0 Å². The van der Waals surface area contributed by atoms with Crippen molar-refractivity contribution >= 4 is 144 Å². The Labute approximate surface area is 631 Å². The Morgan fingerprint density at radius 1 is 0.467 bits per heavy atom. The summed E-state index contributed by atoms with van der Waals surface area (Å²) in [6, 6.07) is -19.9. The van der Waals surface area contributed by atoms with E-state index in [0.717, 1.165) is 0 Å². The highest BCUT2D eigenvalue weighted by Crippen LogP contribution is 2.13. The lowest BCUT2D eigenvalue weighted by molar-refractivity contribution is -0.141. The maximum atomic E-state index is 14.3. The molecule has 15 amide bonds. The Bertz CT molecular complexity index is 3180. The van der Waals surface area contributed by atoms with Gasteiger partial charge in [0.25, 0.3) is 0 Å². The molecule has 0 saturated heterocycles. The van der Waals surface area contributed by atoms with Crippen LogP contribution >= 0.6 is 37.0 Å². The van der Waals surface area contributed by atoms with Crippen LogP contribution in [0.5, 0.6) is 0 Å². The van der Waals surface area contributed by atoms with Crippen molar-refractivity contribution in [2.75, 3.05) is 56.3 Å². The zero-order valence-electron chi connectivity index (χ0n) is 60.0. The van der Waals surface area contributed by atoms with Gasteiger partial charge in [-0.1, -0.05) is 13.8 Å². The van der Waals surface area contributed by atoms with E-state index < -0.39 is 248 Å². The van der Waals surface area contributed by atoms with Gasteiger partial charge in [0.15, 0.2) is 0 Å². The van der Waals surface area contributed by atoms with Crippen LogP contribution in [0.25, 0.3) is 0 Å². The highest BCUT2D eigenvalue weighted by molar-refractivity contribution is 7.98. The highest BCUT2D eigenvalue weighted by atomic mass is 32.2. The van der Waals surface area contributed by atoms with Gasteiger partial charge in [0, 0.05) is 42.7 Å². The Kier molecular flexibility index (Phi) is 46.2. The zero-order valence-corrected chi connectivity index (χ0v) is 62.6. The summed E-state index contributed by atoms with van der Waals surface area (Å²) >= 11 is 9.56. The summed E-state index contributed by atoms with van der Waals surface area (Å²) in [6.07, 6.45) is 1.49. The molecule has 42 nitrogen and oxygen atoms in total. The number of carboxylic acids is 3. The van der Waals surface area contributed by atoms with Gasteiger partial charge in [-0.15, -0.1) is 0 Å². The fourth-order valence-corrected chi connectivity index (χ4v) is 10.6. The van der Waals surface area contributed by atoms with Crippen LogP contribution in [-0.4, -0.2) is 272 Å². The van der Waals surface area contributed by atoms with E-state index >= 15 is 0 Å². The number of carbonyl (C=O) groups excluding carboxylic acids is 15. The SMILES string of the molecule is CSCC[C@H](NC(=O)[C@H](C)NC(=O)[C@H](CCC(=O)O)NC(=O)CNC(=O)[C@H](CCCCN)NC(=O)[C@H](CC(C)C)NC(=O)[C@H](CCC(N)=O)NC(=O)[C@H](CS)NC(=O)[C@H](CCCCN)NC(=O)[C@H](CC(=O)O)NC(=O)[C@H](CS)NC(=O)[C@H](CO)NC(=O)[C@H](C)N)C(=O)N[C@@H](Cc1cnc[nH]1)C(=O)NCC(=O)O. The first-order valence-electron chi connectivity index (χ1n) is 34.0. The molecule has 0 aliphatic carbocycles. The van der Waals surface area contributed by atoms with E-state index in [4.69, 9.17) is 28.0 Å². The van der Waals surface area contributed by atoms with Crippen molar-refractivity contribution in [1.29, 1.82) is 0 Å². The van der Waals surface area contributed by atoms with Gasteiger partial charge in [-0.25, -0.2) is 4.98 Å². The number of nitrogens with two attached hydrogens (primary N) is 4. The molecule has 1 aromatic rings. The van der Waals surface area contributed by atoms with Crippen LogP contribution < -0.4 is 97.4 Å². The van der Waals surface area contributed by atoms with Gasteiger partial charge < -0.3 is 123 Å². The number of primary amides is 1. The summed E-state index contributed by atoms with van der Waals surface area (Å²) < 4.78 is 0.